The molecule has 0 spiro atoms. The summed E-state index contributed by atoms with van der Waals surface area (Å²) >= 11 is 0. The second kappa shape index (κ2) is 9.97. The lowest BCUT2D eigenvalue weighted by molar-refractivity contribution is -0.131. The fraction of sp³-hybridized carbons (Fsp3) is 0.207. The van der Waals surface area contributed by atoms with E-state index in [1.54, 1.807) is 27.7 Å². The molecule has 0 unspecified atom stereocenters. The van der Waals surface area contributed by atoms with Crippen molar-refractivity contribution in [1.82, 2.24) is 14.0 Å². The molecule has 0 radical (unpaired) electrons. The van der Waals surface area contributed by atoms with Crippen LogP contribution in [0.2, 0.25) is 0 Å². The van der Waals surface area contributed by atoms with Crippen molar-refractivity contribution in [2.24, 2.45) is 0 Å². The van der Waals surface area contributed by atoms with E-state index in [9.17, 15) is 14.4 Å². The van der Waals surface area contributed by atoms with Crippen LogP contribution in [-0.2, 0) is 17.9 Å². The first-order valence-electron chi connectivity index (χ1n) is 11.9. The smallest absolute Gasteiger partial charge is 0.331 e. The molecule has 6 heteroatoms. The standard InChI is InChI=1S/C29H27N3O3/c33-27(30-18-15-24(16-19-30)23-11-5-2-6-12-23)17-20-31-28(34)25-13-7-8-14-26(25)32(29(31)35)21-22-9-3-1-4-10-22/h1-15H,16-21H2. The molecule has 35 heavy (non-hydrogen) atoms. The average Bonchev–Trinajstić information content (AvgIpc) is 2.92. The highest BCUT2D eigenvalue weighted by Crippen LogP contribution is 2.22. The summed E-state index contributed by atoms with van der Waals surface area (Å²) < 4.78 is 2.82. The number of para-hydroxylation sites is 1. The fourth-order valence-corrected chi connectivity index (χ4v) is 4.66. The Labute approximate surface area is 203 Å². The van der Waals surface area contributed by atoms with Gasteiger partial charge in [0.2, 0.25) is 5.91 Å². The minimum absolute atomic E-state index is 0.0533. The number of benzene rings is 3. The molecule has 1 amide bonds. The Kier molecular flexibility index (Phi) is 6.44. The number of carbonyl (C=O) groups is 1. The van der Waals surface area contributed by atoms with Crippen molar-refractivity contribution in [1.29, 1.82) is 0 Å². The van der Waals surface area contributed by atoms with E-state index in [0.29, 0.717) is 30.5 Å². The first kappa shape index (κ1) is 22.6. The summed E-state index contributed by atoms with van der Waals surface area (Å²) in [5.74, 6) is -0.0533. The van der Waals surface area contributed by atoms with Crippen molar-refractivity contribution in [2.75, 3.05) is 13.1 Å². The van der Waals surface area contributed by atoms with Gasteiger partial charge in [-0.15, -0.1) is 0 Å². The summed E-state index contributed by atoms with van der Waals surface area (Å²) in [7, 11) is 0. The lowest BCUT2D eigenvalue weighted by atomic mass is 9.99. The largest absolute Gasteiger partial charge is 0.339 e. The third-order valence-electron chi connectivity index (χ3n) is 6.57. The molecule has 3 aromatic carbocycles. The molecule has 1 aromatic heterocycles. The summed E-state index contributed by atoms with van der Waals surface area (Å²) in [6.07, 6.45) is 2.98. The molecule has 1 aliphatic rings. The molecule has 0 saturated heterocycles. The molecule has 5 rings (SSSR count). The third kappa shape index (κ3) is 4.73. The number of fused-ring (bicyclic) bond motifs is 1. The second-order valence-electron chi connectivity index (χ2n) is 8.76. The Morgan fingerprint density at radius 2 is 1.49 bits per heavy atom. The summed E-state index contributed by atoms with van der Waals surface area (Å²) in [4.78, 5) is 41.3. The number of hydrogen-bond donors (Lipinski definition) is 0. The predicted molar refractivity (Wildman–Crippen MR) is 138 cm³/mol. The monoisotopic (exact) mass is 465 g/mol. The second-order valence-corrected chi connectivity index (χ2v) is 8.76. The van der Waals surface area contributed by atoms with Crippen LogP contribution >= 0.6 is 0 Å². The molecule has 4 aromatic rings. The van der Waals surface area contributed by atoms with Gasteiger partial charge in [0, 0.05) is 26.1 Å². The zero-order valence-corrected chi connectivity index (χ0v) is 19.5. The lowest BCUT2D eigenvalue weighted by Gasteiger charge is -2.27. The first-order valence-corrected chi connectivity index (χ1v) is 11.9. The van der Waals surface area contributed by atoms with Crippen LogP contribution < -0.4 is 11.2 Å². The highest BCUT2D eigenvalue weighted by atomic mass is 16.2. The van der Waals surface area contributed by atoms with Crippen molar-refractivity contribution >= 4 is 22.4 Å². The van der Waals surface area contributed by atoms with E-state index >= 15 is 0 Å². The van der Waals surface area contributed by atoms with Crippen LogP contribution in [-0.4, -0.2) is 33.0 Å². The predicted octanol–water partition coefficient (Wildman–Crippen LogP) is 3.92. The minimum Gasteiger partial charge on any atom is -0.339 e. The molecule has 1 aliphatic heterocycles. The maximum absolute atomic E-state index is 13.4. The first-order chi connectivity index (χ1) is 17.1. The van der Waals surface area contributed by atoms with Gasteiger partial charge in [0.15, 0.2) is 0 Å². The molecule has 176 valence electrons. The molecule has 0 fully saturated rings. The van der Waals surface area contributed by atoms with E-state index in [2.05, 4.69) is 18.2 Å². The third-order valence-corrected chi connectivity index (χ3v) is 6.57. The van der Waals surface area contributed by atoms with Crippen molar-refractivity contribution in [3.05, 3.63) is 123 Å². The SMILES string of the molecule is O=C(CCn1c(=O)c2ccccc2n(Cc2ccccc2)c1=O)N1CC=C(c2ccccc2)CC1. The van der Waals surface area contributed by atoms with Gasteiger partial charge in [-0.05, 0) is 35.3 Å². The van der Waals surface area contributed by atoms with Crippen LogP contribution in [0.3, 0.4) is 0 Å². The summed E-state index contributed by atoms with van der Waals surface area (Å²) in [5.41, 5.74) is 3.24. The van der Waals surface area contributed by atoms with Crippen LogP contribution in [0, 0.1) is 0 Å². The van der Waals surface area contributed by atoms with Gasteiger partial charge >= 0.3 is 5.69 Å². The van der Waals surface area contributed by atoms with E-state index < -0.39 is 5.69 Å². The number of nitrogens with zero attached hydrogens (tertiary/aromatic N) is 3. The highest BCUT2D eigenvalue weighted by Gasteiger charge is 2.19. The molecule has 2 heterocycles. The van der Waals surface area contributed by atoms with Gasteiger partial charge in [-0.2, -0.15) is 0 Å². The Bertz CT molecular complexity index is 1500. The zero-order chi connectivity index (χ0) is 24.2. The number of amides is 1. The Morgan fingerprint density at radius 1 is 0.800 bits per heavy atom. The highest BCUT2D eigenvalue weighted by molar-refractivity contribution is 5.79. The van der Waals surface area contributed by atoms with Crippen molar-refractivity contribution in [3.63, 3.8) is 0 Å². The summed E-state index contributed by atoms with van der Waals surface area (Å²) in [6.45, 7) is 1.58. The van der Waals surface area contributed by atoms with E-state index in [1.165, 1.54) is 15.7 Å². The average molecular weight is 466 g/mol. The number of rotatable bonds is 6. The van der Waals surface area contributed by atoms with Crippen molar-refractivity contribution in [3.8, 4) is 0 Å². The van der Waals surface area contributed by atoms with Crippen LogP contribution in [0.5, 0.6) is 0 Å². The van der Waals surface area contributed by atoms with Crippen LogP contribution in [0.1, 0.15) is 24.0 Å². The number of aromatic nitrogens is 2. The molecular weight excluding hydrogens is 438 g/mol. The Hall–Kier alpha value is -4.19. The van der Waals surface area contributed by atoms with E-state index in [4.69, 9.17) is 0 Å². The normalized spacial score (nSPS) is 13.6. The van der Waals surface area contributed by atoms with Gasteiger partial charge in [-0.25, -0.2) is 4.79 Å². The molecule has 0 bridgehead atoms. The molecule has 0 N–H and O–H groups in total. The number of hydrogen-bond acceptors (Lipinski definition) is 3. The van der Waals surface area contributed by atoms with Crippen molar-refractivity contribution < 1.29 is 4.79 Å². The molecule has 0 aliphatic carbocycles. The van der Waals surface area contributed by atoms with E-state index in [-0.39, 0.29) is 24.4 Å². The van der Waals surface area contributed by atoms with E-state index in [1.807, 2.05) is 54.6 Å². The van der Waals surface area contributed by atoms with Crippen LogP contribution in [0.4, 0.5) is 0 Å². The maximum atomic E-state index is 13.4. The van der Waals surface area contributed by atoms with Gasteiger partial charge in [0.25, 0.3) is 5.56 Å². The van der Waals surface area contributed by atoms with Crippen LogP contribution in [0.15, 0.2) is 101 Å². The lowest BCUT2D eigenvalue weighted by Crippen LogP contribution is -2.42. The minimum atomic E-state index is -0.393. The van der Waals surface area contributed by atoms with E-state index in [0.717, 1.165) is 12.0 Å². The molecule has 0 atom stereocenters. The molecule has 6 nitrogen and oxygen atoms in total. The summed E-state index contributed by atoms with van der Waals surface area (Å²) in [5, 5.41) is 0.476. The maximum Gasteiger partial charge on any atom is 0.331 e. The topological polar surface area (TPSA) is 64.3 Å². The van der Waals surface area contributed by atoms with Crippen molar-refractivity contribution in [2.45, 2.75) is 25.9 Å². The van der Waals surface area contributed by atoms with Gasteiger partial charge in [-0.3, -0.25) is 18.7 Å². The van der Waals surface area contributed by atoms with Gasteiger partial charge in [-0.1, -0.05) is 78.9 Å². The van der Waals surface area contributed by atoms with Gasteiger partial charge in [0.1, 0.15) is 0 Å². The van der Waals surface area contributed by atoms with Gasteiger partial charge < -0.3 is 4.90 Å². The van der Waals surface area contributed by atoms with Crippen LogP contribution in [0.25, 0.3) is 16.5 Å². The summed E-state index contributed by atoms with van der Waals surface area (Å²) in [6, 6.07) is 27.0. The number of carbonyl (C=O) groups excluding carboxylic acids is 1. The Balaban J connectivity index is 1.37. The quantitative estimate of drug-likeness (QED) is 0.434. The fourth-order valence-electron chi connectivity index (χ4n) is 4.66. The molecular formula is C29H27N3O3. The zero-order valence-electron chi connectivity index (χ0n) is 19.5. The van der Waals surface area contributed by atoms with Gasteiger partial charge in [0.05, 0.1) is 17.4 Å². The molecule has 0 saturated carbocycles. The Morgan fingerprint density at radius 3 is 2.20 bits per heavy atom.